The molecule has 3 heterocycles. The minimum atomic E-state index is -3.76. The third-order valence-electron chi connectivity index (χ3n) is 4.50. The van der Waals surface area contributed by atoms with E-state index in [1.54, 1.807) is 18.2 Å². The first-order valence-electron chi connectivity index (χ1n) is 8.60. The topological polar surface area (TPSA) is 126 Å². The zero-order valence-electron chi connectivity index (χ0n) is 14.6. The van der Waals surface area contributed by atoms with Gasteiger partial charge in [0.25, 0.3) is 5.56 Å². The van der Waals surface area contributed by atoms with Crippen LogP contribution >= 0.6 is 7.82 Å². The van der Waals surface area contributed by atoms with Gasteiger partial charge in [-0.3, -0.25) is 28.2 Å². The van der Waals surface area contributed by atoms with E-state index in [1.165, 1.54) is 0 Å². The molecule has 11 heteroatoms. The molecule has 1 saturated heterocycles. The first-order valence-corrected chi connectivity index (χ1v) is 10.1. The number of aldehydes is 1. The molecular formula is C17H17N2O8P. The summed E-state index contributed by atoms with van der Waals surface area (Å²) in [5.74, 6) is 0.448. The fourth-order valence-corrected chi connectivity index (χ4v) is 4.30. The minimum Gasteiger partial charge on any atom is -0.404 e. The first-order chi connectivity index (χ1) is 13.5. The number of nitrogens with zero attached hydrogens (tertiary/aromatic N) is 1. The normalized spacial score (nSPS) is 26.4. The lowest BCUT2D eigenvalue weighted by Crippen LogP contribution is -2.34. The summed E-state index contributed by atoms with van der Waals surface area (Å²) in [4.78, 5) is 36.4. The van der Waals surface area contributed by atoms with E-state index < -0.39 is 31.4 Å². The van der Waals surface area contributed by atoms with Crippen molar-refractivity contribution in [2.75, 3.05) is 6.61 Å². The van der Waals surface area contributed by atoms with E-state index in [-0.39, 0.29) is 18.8 Å². The van der Waals surface area contributed by atoms with Crippen LogP contribution in [0.15, 0.2) is 40.1 Å². The third kappa shape index (κ3) is 3.72. The van der Waals surface area contributed by atoms with Crippen molar-refractivity contribution in [2.24, 2.45) is 0 Å². The van der Waals surface area contributed by atoms with Crippen LogP contribution in [0.4, 0.5) is 0 Å². The van der Waals surface area contributed by atoms with E-state index in [9.17, 15) is 18.9 Å². The van der Waals surface area contributed by atoms with E-state index in [0.29, 0.717) is 24.9 Å². The van der Waals surface area contributed by atoms with Gasteiger partial charge in [0.15, 0.2) is 6.29 Å². The molecule has 3 unspecified atom stereocenters. The Hall–Kier alpha value is -2.52. The van der Waals surface area contributed by atoms with Gasteiger partial charge < -0.3 is 9.26 Å². The Balaban J connectivity index is 1.40. The summed E-state index contributed by atoms with van der Waals surface area (Å²) >= 11 is 0. The largest absolute Gasteiger partial charge is 0.530 e. The van der Waals surface area contributed by atoms with Crippen LogP contribution in [0.1, 0.15) is 35.0 Å². The third-order valence-corrected chi connectivity index (χ3v) is 5.83. The number of phosphoric acid groups is 1. The lowest BCUT2D eigenvalue weighted by Gasteiger charge is -2.25. The molecule has 10 nitrogen and oxygen atoms in total. The van der Waals surface area contributed by atoms with Crippen LogP contribution < -0.4 is 15.8 Å². The van der Waals surface area contributed by atoms with Crippen molar-refractivity contribution in [1.29, 1.82) is 0 Å². The summed E-state index contributed by atoms with van der Waals surface area (Å²) in [6.45, 7) is 0.0530. The molecule has 148 valence electrons. The SMILES string of the molecule is O=Cc1cn(C2CCC(COP3(=O)OCc4ccccc4O3)O2)c(=O)[nH]c1=O. The molecule has 2 aliphatic rings. The number of H-pyrrole nitrogens is 1. The predicted molar refractivity (Wildman–Crippen MR) is 95.3 cm³/mol. The number of ether oxygens (including phenoxy) is 1. The number of phosphoric ester groups is 1. The molecule has 0 amide bonds. The fourth-order valence-electron chi connectivity index (χ4n) is 3.06. The Morgan fingerprint density at radius 1 is 1.29 bits per heavy atom. The van der Waals surface area contributed by atoms with Gasteiger partial charge in [0.05, 0.1) is 24.9 Å². The number of aromatic amines is 1. The van der Waals surface area contributed by atoms with Crippen LogP contribution in [0, 0.1) is 0 Å². The average molecular weight is 408 g/mol. The van der Waals surface area contributed by atoms with Gasteiger partial charge in [-0.05, 0) is 18.9 Å². The number of benzene rings is 1. The maximum absolute atomic E-state index is 12.6. The number of hydrogen-bond donors (Lipinski definition) is 1. The Bertz CT molecular complexity index is 1060. The molecule has 28 heavy (non-hydrogen) atoms. The number of para-hydroxylation sites is 1. The van der Waals surface area contributed by atoms with Crippen LogP contribution in [0.25, 0.3) is 0 Å². The zero-order valence-corrected chi connectivity index (χ0v) is 15.5. The molecule has 0 aliphatic carbocycles. The van der Waals surface area contributed by atoms with Crippen LogP contribution in [0.5, 0.6) is 5.75 Å². The van der Waals surface area contributed by atoms with Gasteiger partial charge in [0.2, 0.25) is 0 Å². The zero-order chi connectivity index (χ0) is 19.7. The Morgan fingerprint density at radius 3 is 2.93 bits per heavy atom. The highest BCUT2D eigenvalue weighted by Gasteiger charge is 2.36. The van der Waals surface area contributed by atoms with Crippen LogP contribution in [0.3, 0.4) is 0 Å². The van der Waals surface area contributed by atoms with E-state index in [4.69, 9.17) is 18.3 Å². The number of rotatable bonds is 5. The van der Waals surface area contributed by atoms with Gasteiger partial charge in [-0.25, -0.2) is 9.36 Å². The number of hydrogen-bond acceptors (Lipinski definition) is 8. The first kappa shape index (κ1) is 18.8. The molecule has 1 aromatic heterocycles. The van der Waals surface area contributed by atoms with Crippen LogP contribution in [-0.4, -0.2) is 28.5 Å². The maximum atomic E-state index is 12.6. The Morgan fingerprint density at radius 2 is 2.11 bits per heavy atom. The number of nitrogens with one attached hydrogen (secondary N) is 1. The highest BCUT2D eigenvalue weighted by molar-refractivity contribution is 7.49. The Kier molecular flexibility index (Phi) is 5.03. The summed E-state index contributed by atoms with van der Waals surface area (Å²) in [5, 5.41) is 0. The van der Waals surface area contributed by atoms with Crippen molar-refractivity contribution in [1.82, 2.24) is 9.55 Å². The van der Waals surface area contributed by atoms with E-state index in [1.807, 2.05) is 6.07 Å². The quantitative estimate of drug-likeness (QED) is 0.586. The van der Waals surface area contributed by atoms with Crippen molar-refractivity contribution >= 4 is 14.1 Å². The van der Waals surface area contributed by atoms with Crippen molar-refractivity contribution in [3.63, 3.8) is 0 Å². The highest BCUT2D eigenvalue weighted by atomic mass is 31.2. The highest BCUT2D eigenvalue weighted by Crippen LogP contribution is 2.54. The summed E-state index contributed by atoms with van der Waals surface area (Å²) in [6, 6.07) is 7.07. The smallest absolute Gasteiger partial charge is 0.404 e. The van der Waals surface area contributed by atoms with Crippen LogP contribution in [-0.2, 0) is 25.0 Å². The Labute approximate surface area is 158 Å². The maximum Gasteiger partial charge on any atom is 0.530 e. The molecule has 1 fully saturated rings. The molecule has 0 saturated carbocycles. The van der Waals surface area contributed by atoms with Gasteiger partial charge in [0.1, 0.15) is 12.0 Å². The van der Waals surface area contributed by atoms with Gasteiger partial charge in [-0.2, -0.15) is 0 Å². The second kappa shape index (κ2) is 7.48. The molecule has 1 N–H and O–H groups in total. The number of fused-ring (bicyclic) bond motifs is 1. The van der Waals surface area contributed by atoms with Crippen molar-refractivity contribution in [3.05, 3.63) is 62.4 Å². The molecule has 0 bridgehead atoms. The molecule has 3 atom stereocenters. The average Bonchev–Trinajstić information content (AvgIpc) is 3.15. The molecule has 4 rings (SSSR count). The minimum absolute atomic E-state index is 0.0609. The summed E-state index contributed by atoms with van der Waals surface area (Å²) in [7, 11) is -3.76. The van der Waals surface area contributed by atoms with Gasteiger partial charge in [-0.15, -0.1) is 0 Å². The second-order valence-corrected chi connectivity index (χ2v) is 7.97. The number of aromatic nitrogens is 2. The monoisotopic (exact) mass is 408 g/mol. The standard InChI is InChI=1S/C17H17N2O8P/c20-8-12-7-19(17(22)18-16(12)21)15-6-5-13(26-15)10-25-28(23)24-9-11-3-1-2-4-14(11)27-28/h1-4,7-8,13,15H,5-6,9-10H2,(H,18,21,22). The van der Waals surface area contributed by atoms with Gasteiger partial charge >= 0.3 is 13.5 Å². The van der Waals surface area contributed by atoms with Crippen molar-refractivity contribution in [3.8, 4) is 5.75 Å². The molecule has 0 radical (unpaired) electrons. The summed E-state index contributed by atoms with van der Waals surface area (Å²) in [6.07, 6.45) is 1.36. The molecule has 2 aromatic rings. The molecule has 0 spiro atoms. The number of carbonyl (C=O) groups excluding carboxylic acids is 1. The van der Waals surface area contributed by atoms with E-state index in [2.05, 4.69) is 4.98 Å². The van der Waals surface area contributed by atoms with E-state index in [0.717, 1.165) is 16.3 Å². The second-order valence-electron chi connectivity index (χ2n) is 6.37. The summed E-state index contributed by atoms with van der Waals surface area (Å²) in [5.41, 5.74) is -0.821. The van der Waals surface area contributed by atoms with E-state index >= 15 is 0 Å². The molecular weight excluding hydrogens is 391 g/mol. The predicted octanol–water partition coefficient (Wildman–Crippen LogP) is 1.76. The molecule has 2 aliphatic heterocycles. The summed E-state index contributed by atoms with van der Waals surface area (Å²) < 4.78 is 35.5. The lowest BCUT2D eigenvalue weighted by molar-refractivity contribution is -0.0264. The molecule has 1 aromatic carbocycles. The van der Waals surface area contributed by atoms with Gasteiger partial charge in [-0.1, -0.05) is 18.2 Å². The number of carbonyl (C=O) groups is 1. The fraction of sp³-hybridized carbons (Fsp3) is 0.353. The van der Waals surface area contributed by atoms with Crippen molar-refractivity contribution in [2.45, 2.75) is 31.8 Å². The van der Waals surface area contributed by atoms with Crippen molar-refractivity contribution < 1.29 is 27.7 Å². The van der Waals surface area contributed by atoms with Crippen LogP contribution in [0.2, 0.25) is 0 Å². The van der Waals surface area contributed by atoms with Gasteiger partial charge in [0, 0.05) is 11.8 Å². The lowest BCUT2D eigenvalue weighted by atomic mass is 10.2.